The van der Waals surface area contributed by atoms with Gasteiger partial charge in [-0.3, -0.25) is 4.79 Å². The van der Waals surface area contributed by atoms with Crippen molar-refractivity contribution >= 4 is 29.0 Å². The fourth-order valence-corrected chi connectivity index (χ4v) is 1.56. The molecule has 0 N–H and O–H groups in total. The van der Waals surface area contributed by atoms with Crippen LogP contribution in [0.15, 0.2) is 18.2 Å². The molecule has 0 saturated carbocycles. The Labute approximate surface area is 92.8 Å². The molecule has 0 atom stereocenters. The summed E-state index contributed by atoms with van der Waals surface area (Å²) in [5.41, 5.74) is 0.776. The van der Waals surface area contributed by atoms with Crippen molar-refractivity contribution in [1.82, 2.24) is 0 Å². The molecule has 0 heterocycles. The number of ketones is 1. The van der Waals surface area contributed by atoms with E-state index >= 15 is 0 Å². The summed E-state index contributed by atoms with van der Waals surface area (Å²) in [7, 11) is 1.49. The minimum atomic E-state index is -0.00303. The quantitative estimate of drug-likeness (QED) is 0.799. The van der Waals surface area contributed by atoms with Gasteiger partial charge in [0.05, 0.1) is 0 Å². The zero-order valence-electron chi connectivity index (χ0n) is 7.72. The molecule has 1 aromatic rings. The molecule has 14 heavy (non-hydrogen) atoms. The number of carbonyl (C=O) groups is 1. The highest BCUT2D eigenvalue weighted by molar-refractivity contribution is 6.35. The van der Waals surface area contributed by atoms with Gasteiger partial charge in [-0.05, 0) is 17.7 Å². The van der Waals surface area contributed by atoms with Gasteiger partial charge in [-0.1, -0.05) is 29.3 Å². The monoisotopic (exact) mass is 232 g/mol. The third-order valence-corrected chi connectivity index (χ3v) is 2.30. The SMILES string of the molecule is COCC(=O)Cc1ccc(Cl)cc1Cl. The van der Waals surface area contributed by atoms with Crippen LogP contribution in [0.3, 0.4) is 0 Å². The topological polar surface area (TPSA) is 26.3 Å². The highest BCUT2D eigenvalue weighted by atomic mass is 35.5. The molecule has 2 nitrogen and oxygen atoms in total. The molecule has 0 fully saturated rings. The summed E-state index contributed by atoms with van der Waals surface area (Å²) in [6, 6.07) is 5.08. The molecule has 1 rings (SSSR count). The van der Waals surface area contributed by atoms with Crippen LogP contribution in [0.5, 0.6) is 0 Å². The lowest BCUT2D eigenvalue weighted by atomic mass is 10.1. The van der Waals surface area contributed by atoms with Gasteiger partial charge in [-0.25, -0.2) is 0 Å². The first-order valence-electron chi connectivity index (χ1n) is 4.08. The predicted octanol–water partition coefficient (Wildman–Crippen LogP) is 2.75. The summed E-state index contributed by atoms with van der Waals surface area (Å²) >= 11 is 11.6. The van der Waals surface area contributed by atoms with Crippen molar-refractivity contribution in [3.63, 3.8) is 0 Å². The highest BCUT2D eigenvalue weighted by Gasteiger charge is 2.06. The maximum absolute atomic E-state index is 11.2. The highest BCUT2D eigenvalue weighted by Crippen LogP contribution is 2.21. The van der Waals surface area contributed by atoms with Gasteiger partial charge in [-0.15, -0.1) is 0 Å². The van der Waals surface area contributed by atoms with Crippen LogP contribution in [0.1, 0.15) is 5.56 Å². The molecular weight excluding hydrogens is 223 g/mol. The molecule has 1 aromatic carbocycles. The van der Waals surface area contributed by atoms with E-state index in [-0.39, 0.29) is 18.8 Å². The number of methoxy groups -OCH3 is 1. The second-order valence-electron chi connectivity index (χ2n) is 2.88. The number of carbonyl (C=O) groups excluding carboxylic acids is 1. The molecular formula is C10H10Cl2O2. The minimum Gasteiger partial charge on any atom is -0.377 e. The zero-order valence-corrected chi connectivity index (χ0v) is 9.23. The molecule has 0 saturated heterocycles. The first-order valence-corrected chi connectivity index (χ1v) is 4.83. The Bertz CT molecular complexity index is 337. The average molecular weight is 233 g/mol. The van der Waals surface area contributed by atoms with E-state index in [0.717, 1.165) is 5.56 Å². The molecule has 0 unspecified atom stereocenters. The van der Waals surface area contributed by atoms with Crippen LogP contribution in [0.4, 0.5) is 0 Å². The Hall–Kier alpha value is -0.570. The predicted molar refractivity (Wildman–Crippen MR) is 57.0 cm³/mol. The normalized spacial score (nSPS) is 10.2. The molecule has 0 bridgehead atoms. The van der Waals surface area contributed by atoms with Crippen LogP contribution in [0, 0.1) is 0 Å². The van der Waals surface area contributed by atoms with E-state index in [9.17, 15) is 4.79 Å². The maximum Gasteiger partial charge on any atom is 0.162 e. The summed E-state index contributed by atoms with van der Waals surface area (Å²) in [6.45, 7) is 0.110. The second-order valence-corrected chi connectivity index (χ2v) is 3.73. The Morgan fingerprint density at radius 2 is 2.14 bits per heavy atom. The van der Waals surface area contributed by atoms with Gasteiger partial charge < -0.3 is 4.74 Å². The lowest BCUT2D eigenvalue weighted by Crippen LogP contribution is -2.09. The Morgan fingerprint density at radius 1 is 1.43 bits per heavy atom. The van der Waals surface area contributed by atoms with Crippen molar-refractivity contribution in [3.8, 4) is 0 Å². The average Bonchev–Trinajstić information content (AvgIpc) is 2.10. The van der Waals surface area contributed by atoms with Crippen molar-refractivity contribution in [2.24, 2.45) is 0 Å². The van der Waals surface area contributed by atoms with Gasteiger partial charge in [0.1, 0.15) is 6.61 Å². The van der Waals surface area contributed by atoms with Crippen molar-refractivity contribution in [2.75, 3.05) is 13.7 Å². The molecule has 0 aliphatic heterocycles. The minimum absolute atomic E-state index is 0.00303. The molecule has 0 amide bonds. The van der Waals surface area contributed by atoms with E-state index in [2.05, 4.69) is 0 Å². The number of ether oxygens (including phenoxy) is 1. The van der Waals surface area contributed by atoms with Crippen molar-refractivity contribution in [2.45, 2.75) is 6.42 Å². The number of hydrogen-bond donors (Lipinski definition) is 0. The van der Waals surface area contributed by atoms with Crippen molar-refractivity contribution < 1.29 is 9.53 Å². The zero-order chi connectivity index (χ0) is 10.6. The molecule has 0 spiro atoms. The van der Waals surface area contributed by atoms with Gasteiger partial charge in [0.25, 0.3) is 0 Å². The van der Waals surface area contributed by atoms with Gasteiger partial charge in [0.15, 0.2) is 5.78 Å². The van der Waals surface area contributed by atoms with E-state index < -0.39 is 0 Å². The van der Waals surface area contributed by atoms with E-state index in [1.807, 2.05) is 0 Å². The molecule has 76 valence electrons. The van der Waals surface area contributed by atoms with Crippen LogP contribution < -0.4 is 0 Å². The third-order valence-electron chi connectivity index (χ3n) is 1.71. The molecule has 0 aliphatic carbocycles. The van der Waals surface area contributed by atoms with Crippen molar-refractivity contribution in [3.05, 3.63) is 33.8 Å². The molecule has 4 heteroatoms. The lowest BCUT2D eigenvalue weighted by molar-refractivity contribution is -0.121. The summed E-state index contributed by atoms with van der Waals surface area (Å²) in [5, 5.41) is 1.08. The summed E-state index contributed by atoms with van der Waals surface area (Å²) < 4.78 is 4.72. The first-order chi connectivity index (χ1) is 6.63. The van der Waals surface area contributed by atoms with Gasteiger partial charge in [-0.2, -0.15) is 0 Å². The van der Waals surface area contributed by atoms with Crippen LogP contribution in [0.2, 0.25) is 10.0 Å². The van der Waals surface area contributed by atoms with Gasteiger partial charge in [0, 0.05) is 23.6 Å². The van der Waals surface area contributed by atoms with Crippen LogP contribution in [-0.4, -0.2) is 19.5 Å². The van der Waals surface area contributed by atoms with Crippen molar-refractivity contribution in [1.29, 1.82) is 0 Å². The standard InChI is InChI=1S/C10H10Cl2O2/c1-14-6-9(13)4-7-2-3-8(11)5-10(7)12/h2-3,5H,4,6H2,1H3. The Morgan fingerprint density at radius 3 is 2.71 bits per heavy atom. The lowest BCUT2D eigenvalue weighted by Gasteiger charge is -2.03. The molecule has 0 aliphatic rings. The number of benzene rings is 1. The van der Waals surface area contributed by atoms with Gasteiger partial charge >= 0.3 is 0 Å². The fourth-order valence-electron chi connectivity index (χ4n) is 1.09. The maximum atomic E-state index is 11.2. The number of halogens is 2. The largest absolute Gasteiger partial charge is 0.377 e. The smallest absolute Gasteiger partial charge is 0.162 e. The van der Waals surface area contributed by atoms with Gasteiger partial charge in [0.2, 0.25) is 0 Å². The summed E-state index contributed by atoms with van der Waals surface area (Å²) in [4.78, 5) is 11.2. The first kappa shape index (κ1) is 11.5. The fraction of sp³-hybridized carbons (Fsp3) is 0.300. The Kier molecular flexibility index (Phi) is 4.39. The Balaban J connectivity index is 2.72. The molecule has 0 radical (unpaired) electrons. The van der Waals surface area contributed by atoms with Crippen LogP contribution in [-0.2, 0) is 16.0 Å². The number of Topliss-reactive ketones (excluding diaryl/α,β-unsaturated/α-hetero) is 1. The second kappa shape index (κ2) is 5.35. The van der Waals surface area contributed by atoms with E-state index in [0.29, 0.717) is 10.0 Å². The number of hydrogen-bond acceptors (Lipinski definition) is 2. The third kappa shape index (κ3) is 3.29. The number of rotatable bonds is 4. The van der Waals surface area contributed by atoms with Crippen LogP contribution in [0.25, 0.3) is 0 Å². The molecule has 0 aromatic heterocycles. The van der Waals surface area contributed by atoms with E-state index in [1.54, 1.807) is 18.2 Å². The van der Waals surface area contributed by atoms with Crippen LogP contribution >= 0.6 is 23.2 Å². The van der Waals surface area contributed by atoms with E-state index in [1.165, 1.54) is 7.11 Å². The summed E-state index contributed by atoms with van der Waals surface area (Å²) in [5.74, 6) is -0.00303. The van der Waals surface area contributed by atoms with E-state index in [4.69, 9.17) is 27.9 Å². The summed E-state index contributed by atoms with van der Waals surface area (Å²) in [6.07, 6.45) is 0.282.